The normalized spacial score (nSPS) is 24.1. The Bertz CT molecular complexity index is 213. The molecule has 1 aliphatic heterocycles. The van der Waals surface area contributed by atoms with Crippen molar-refractivity contribution in [1.82, 2.24) is 4.31 Å². The van der Waals surface area contributed by atoms with E-state index in [1.54, 1.807) is 0 Å². The highest BCUT2D eigenvalue weighted by molar-refractivity contribution is 7.89. The zero-order chi connectivity index (χ0) is 8.32. The van der Waals surface area contributed by atoms with E-state index in [2.05, 4.69) is 0 Å². The summed E-state index contributed by atoms with van der Waals surface area (Å²) < 4.78 is 23.8. The average Bonchev–Trinajstić information content (AvgIpc) is 2.25. The Labute approximate surface area is 67.4 Å². The molecule has 0 aromatic carbocycles. The molecule has 0 aliphatic carbocycles. The number of nitrogens with two attached hydrogens (primary N) is 1. The van der Waals surface area contributed by atoms with E-state index in [9.17, 15) is 8.42 Å². The lowest BCUT2D eigenvalue weighted by molar-refractivity contribution is 0.438. The second-order valence-electron chi connectivity index (χ2n) is 2.71. The number of rotatable bonds is 3. The molecule has 4 nitrogen and oxygen atoms in total. The Morgan fingerprint density at radius 2 is 2.18 bits per heavy atom. The standard InChI is InChI=1S/C6H14N2O2S/c7-3-1-4-8-5-2-6-11(8,9)10/h1-7H2. The molecule has 1 heterocycles. The lowest BCUT2D eigenvalue weighted by Gasteiger charge is -2.12. The van der Waals surface area contributed by atoms with Gasteiger partial charge in [-0.3, -0.25) is 0 Å². The van der Waals surface area contributed by atoms with Crippen molar-refractivity contribution >= 4 is 10.0 Å². The summed E-state index contributed by atoms with van der Waals surface area (Å²) in [4.78, 5) is 0. The van der Waals surface area contributed by atoms with Gasteiger partial charge in [0.25, 0.3) is 0 Å². The molecule has 0 aromatic rings. The molecule has 66 valence electrons. The van der Waals surface area contributed by atoms with Gasteiger partial charge < -0.3 is 5.73 Å². The maximum Gasteiger partial charge on any atom is 0.214 e. The van der Waals surface area contributed by atoms with Crippen molar-refractivity contribution < 1.29 is 8.42 Å². The van der Waals surface area contributed by atoms with Crippen LogP contribution < -0.4 is 5.73 Å². The minimum absolute atomic E-state index is 0.317. The van der Waals surface area contributed by atoms with Crippen LogP contribution in [0.1, 0.15) is 12.8 Å². The van der Waals surface area contributed by atoms with Gasteiger partial charge in [0.2, 0.25) is 10.0 Å². The summed E-state index contributed by atoms with van der Waals surface area (Å²) in [5.74, 6) is 0.317. The number of hydrogen-bond acceptors (Lipinski definition) is 3. The molecule has 0 unspecified atom stereocenters. The van der Waals surface area contributed by atoms with Crippen molar-refractivity contribution in [2.75, 3.05) is 25.4 Å². The van der Waals surface area contributed by atoms with Gasteiger partial charge >= 0.3 is 0 Å². The molecular weight excluding hydrogens is 164 g/mol. The van der Waals surface area contributed by atoms with Crippen LogP contribution in [0.15, 0.2) is 0 Å². The van der Waals surface area contributed by atoms with Crippen molar-refractivity contribution in [3.05, 3.63) is 0 Å². The van der Waals surface area contributed by atoms with Crippen molar-refractivity contribution in [2.24, 2.45) is 5.73 Å². The van der Waals surface area contributed by atoms with Gasteiger partial charge in [-0.1, -0.05) is 0 Å². The molecule has 5 heteroatoms. The number of hydrogen-bond donors (Lipinski definition) is 1. The fraction of sp³-hybridized carbons (Fsp3) is 1.00. The maximum absolute atomic E-state index is 11.2. The van der Waals surface area contributed by atoms with E-state index in [1.807, 2.05) is 0 Å². The van der Waals surface area contributed by atoms with Crippen LogP contribution in [0, 0.1) is 0 Å². The van der Waals surface area contributed by atoms with E-state index in [-0.39, 0.29) is 0 Å². The predicted molar refractivity (Wildman–Crippen MR) is 43.6 cm³/mol. The summed E-state index contributed by atoms with van der Waals surface area (Å²) in [6.07, 6.45) is 1.53. The molecule has 1 rings (SSSR count). The van der Waals surface area contributed by atoms with Crippen LogP contribution in [0.2, 0.25) is 0 Å². The number of nitrogens with zero attached hydrogens (tertiary/aromatic N) is 1. The van der Waals surface area contributed by atoms with E-state index < -0.39 is 10.0 Å². The second kappa shape index (κ2) is 3.51. The van der Waals surface area contributed by atoms with Gasteiger partial charge in [0, 0.05) is 13.1 Å². The Morgan fingerprint density at radius 1 is 1.45 bits per heavy atom. The molecule has 0 amide bonds. The van der Waals surface area contributed by atoms with E-state index in [4.69, 9.17) is 5.73 Å². The Kier molecular flexibility index (Phi) is 2.86. The topological polar surface area (TPSA) is 63.4 Å². The minimum Gasteiger partial charge on any atom is -0.330 e. The highest BCUT2D eigenvalue weighted by Gasteiger charge is 2.26. The first-order valence-electron chi connectivity index (χ1n) is 3.85. The van der Waals surface area contributed by atoms with Crippen LogP contribution in [0.25, 0.3) is 0 Å². The largest absolute Gasteiger partial charge is 0.330 e. The van der Waals surface area contributed by atoms with Gasteiger partial charge in [0.1, 0.15) is 0 Å². The molecule has 2 N–H and O–H groups in total. The van der Waals surface area contributed by atoms with Crippen LogP contribution >= 0.6 is 0 Å². The van der Waals surface area contributed by atoms with Crippen LogP contribution in [-0.4, -0.2) is 38.1 Å². The van der Waals surface area contributed by atoms with Gasteiger partial charge in [0.05, 0.1) is 5.75 Å². The monoisotopic (exact) mass is 178 g/mol. The van der Waals surface area contributed by atoms with E-state index >= 15 is 0 Å². The Hall–Kier alpha value is -0.130. The molecule has 1 saturated heterocycles. The summed E-state index contributed by atoms with van der Waals surface area (Å²) >= 11 is 0. The first kappa shape index (κ1) is 8.96. The summed E-state index contributed by atoms with van der Waals surface area (Å²) in [5, 5.41) is 0. The SMILES string of the molecule is NCCCN1CCCS1(=O)=O. The van der Waals surface area contributed by atoms with Crippen LogP contribution in [-0.2, 0) is 10.0 Å². The third-order valence-corrected chi connectivity index (χ3v) is 3.77. The van der Waals surface area contributed by atoms with Gasteiger partial charge in [0.15, 0.2) is 0 Å². The third kappa shape index (κ3) is 2.15. The molecule has 0 saturated carbocycles. The Morgan fingerprint density at radius 3 is 2.64 bits per heavy atom. The first-order chi connectivity index (χ1) is 5.17. The highest BCUT2D eigenvalue weighted by atomic mass is 32.2. The van der Waals surface area contributed by atoms with Crippen molar-refractivity contribution in [1.29, 1.82) is 0 Å². The zero-order valence-electron chi connectivity index (χ0n) is 6.49. The molecule has 0 spiro atoms. The lowest BCUT2D eigenvalue weighted by atomic mass is 10.4. The summed E-state index contributed by atoms with van der Waals surface area (Å²) in [7, 11) is -2.88. The van der Waals surface area contributed by atoms with E-state index in [0.29, 0.717) is 25.4 Å². The van der Waals surface area contributed by atoms with Crippen LogP contribution in [0.5, 0.6) is 0 Å². The molecule has 1 fully saturated rings. The predicted octanol–water partition coefficient (Wildman–Crippen LogP) is -0.629. The molecule has 0 radical (unpaired) electrons. The van der Waals surface area contributed by atoms with Crippen LogP contribution in [0.4, 0.5) is 0 Å². The quantitative estimate of drug-likeness (QED) is 0.626. The summed E-state index contributed by atoms with van der Waals surface area (Å²) in [5.41, 5.74) is 5.27. The molecule has 0 atom stereocenters. The maximum atomic E-state index is 11.2. The van der Waals surface area contributed by atoms with Crippen molar-refractivity contribution in [3.8, 4) is 0 Å². The average molecular weight is 178 g/mol. The molecular formula is C6H14N2O2S. The van der Waals surface area contributed by atoms with Crippen molar-refractivity contribution in [2.45, 2.75) is 12.8 Å². The van der Waals surface area contributed by atoms with Gasteiger partial charge in [-0.25, -0.2) is 12.7 Å². The summed E-state index contributed by atoms with van der Waals surface area (Å²) in [6.45, 7) is 1.84. The van der Waals surface area contributed by atoms with Crippen molar-refractivity contribution in [3.63, 3.8) is 0 Å². The Balaban J connectivity index is 2.45. The van der Waals surface area contributed by atoms with Gasteiger partial charge in [-0.2, -0.15) is 0 Å². The molecule has 11 heavy (non-hydrogen) atoms. The lowest BCUT2D eigenvalue weighted by Crippen LogP contribution is -2.28. The van der Waals surface area contributed by atoms with Gasteiger partial charge in [-0.05, 0) is 19.4 Å². The smallest absolute Gasteiger partial charge is 0.214 e. The fourth-order valence-corrected chi connectivity index (χ4v) is 2.78. The third-order valence-electron chi connectivity index (χ3n) is 1.81. The zero-order valence-corrected chi connectivity index (χ0v) is 7.31. The van der Waals surface area contributed by atoms with Gasteiger partial charge in [-0.15, -0.1) is 0 Å². The van der Waals surface area contributed by atoms with E-state index in [1.165, 1.54) is 4.31 Å². The number of sulfonamides is 1. The molecule has 0 aromatic heterocycles. The minimum atomic E-state index is -2.88. The van der Waals surface area contributed by atoms with Crippen LogP contribution in [0.3, 0.4) is 0 Å². The highest BCUT2D eigenvalue weighted by Crippen LogP contribution is 2.12. The molecule has 1 aliphatic rings. The van der Waals surface area contributed by atoms with E-state index in [0.717, 1.165) is 12.8 Å². The summed E-state index contributed by atoms with van der Waals surface area (Å²) in [6, 6.07) is 0. The second-order valence-corrected chi connectivity index (χ2v) is 4.80. The first-order valence-corrected chi connectivity index (χ1v) is 5.45. The fourth-order valence-electron chi connectivity index (χ4n) is 1.21. The molecule has 0 bridgehead atoms.